The molecule has 3 atom stereocenters. The van der Waals surface area contributed by atoms with Crippen LogP contribution in [-0.2, 0) is 4.74 Å². The highest BCUT2D eigenvalue weighted by Crippen LogP contribution is 2.25. The first-order valence-electron chi connectivity index (χ1n) is 6.14. The van der Waals surface area contributed by atoms with E-state index in [-0.39, 0.29) is 11.6 Å². The Labute approximate surface area is 99.7 Å². The molecule has 0 aromatic heterocycles. The molecule has 1 rings (SSSR count). The molecular weight excluding hydrogens is 202 g/mol. The van der Waals surface area contributed by atoms with Crippen LogP contribution in [0.2, 0.25) is 0 Å². The van der Waals surface area contributed by atoms with Crippen molar-refractivity contribution in [1.29, 1.82) is 0 Å². The standard InChI is InChI=1S/C12H27N3O/c1-10-8-14(4)6-7-15(10)12(3,9-13)11(2)16-5/h10-11H,6-9,13H2,1-5H3. The zero-order chi connectivity index (χ0) is 12.3. The summed E-state index contributed by atoms with van der Waals surface area (Å²) in [6.07, 6.45) is 0.156. The Morgan fingerprint density at radius 2 is 2.12 bits per heavy atom. The molecule has 0 saturated carbocycles. The maximum absolute atomic E-state index is 5.98. The molecule has 96 valence electrons. The highest BCUT2D eigenvalue weighted by Gasteiger charge is 2.40. The van der Waals surface area contributed by atoms with Crippen molar-refractivity contribution in [1.82, 2.24) is 9.80 Å². The summed E-state index contributed by atoms with van der Waals surface area (Å²) in [5, 5.41) is 0. The Morgan fingerprint density at radius 1 is 1.50 bits per heavy atom. The van der Waals surface area contributed by atoms with Gasteiger partial charge in [0.05, 0.1) is 11.6 Å². The number of hydrogen-bond donors (Lipinski definition) is 1. The van der Waals surface area contributed by atoms with Gasteiger partial charge in [-0.1, -0.05) is 0 Å². The number of ether oxygens (including phenoxy) is 1. The third-order valence-electron chi connectivity index (χ3n) is 4.13. The van der Waals surface area contributed by atoms with Crippen LogP contribution in [0.5, 0.6) is 0 Å². The van der Waals surface area contributed by atoms with Gasteiger partial charge in [0.25, 0.3) is 0 Å². The topological polar surface area (TPSA) is 41.7 Å². The quantitative estimate of drug-likeness (QED) is 0.756. The first-order valence-corrected chi connectivity index (χ1v) is 6.14. The van der Waals surface area contributed by atoms with Gasteiger partial charge >= 0.3 is 0 Å². The summed E-state index contributed by atoms with van der Waals surface area (Å²) in [5.74, 6) is 0. The number of nitrogens with zero attached hydrogens (tertiary/aromatic N) is 2. The number of hydrogen-bond acceptors (Lipinski definition) is 4. The molecule has 0 amide bonds. The molecule has 1 aliphatic rings. The zero-order valence-electron chi connectivity index (χ0n) is 11.4. The van der Waals surface area contributed by atoms with Crippen LogP contribution in [0, 0.1) is 0 Å². The van der Waals surface area contributed by atoms with Gasteiger partial charge in [-0.3, -0.25) is 4.90 Å². The first-order chi connectivity index (χ1) is 7.45. The van der Waals surface area contributed by atoms with Gasteiger partial charge in [-0.05, 0) is 27.8 Å². The minimum Gasteiger partial charge on any atom is -0.380 e. The molecule has 0 bridgehead atoms. The molecule has 1 heterocycles. The van der Waals surface area contributed by atoms with E-state index in [2.05, 4.69) is 37.6 Å². The minimum absolute atomic E-state index is 0.0601. The van der Waals surface area contributed by atoms with Gasteiger partial charge < -0.3 is 15.4 Å². The first kappa shape index (κ1) is 13.9. The zero-order valence-corrected chi connectivity index (χ0v) is 11.4. The van der Waals surface area contributed by atoms with E-state index in [1.807, 2.05) is 0 Å². The van der Waals surface area contributed by atoms with Crippen molar-refractivity contribution in [2.75, 3.05) is 40.3 Å². The summed E-state index contributed by atoms with van der Waals surface area (Å²) in [5.41, 5.74) is 5.92. The summed E-state index contributed by atoms with van der Waals surface area (Å²) in [6.45, 7) is 10.5. The second-order valence-electron chi connectivity index (χ2n) is 5.24. The number of piperazine rings is 1. The summed E-state index contributed by atoms with van der Waals surface area (Å²) >= 11 is 0. The van der Waals surface area contributed by atoms with E-state index in [1.54, 1.807) is 7.11 Å². The van der Waals surface area contributed by atoms with Gasteiger partial charge in [0.1, 0.15) is 0 Å². The van der Waals surface area contributed by atoms with Gasteiger partial charge in [0.15, 0.2) is 0 Å². The van der Waals surface area contributed by atoms with Gasteiger partial charge in [0, 0.05) is 39.3 Å². The molecule has 3 unspecified atom stereocenters. The predicted molar refractivity (Wildman–Crippen MR) is 67.6 cm³/mol. The lowest BCUT2D eigenvalue weighted by Gasteiger charge is -2.50. The fourth-order valence-corrected chi connectivity index (χ4v) is 2.67. The second kappa shape index (κ2) is 5.45. The van der Waals surface area contributed by atoms with Crippen molar-refractivity contribution >= 4 is 0 Å². The SMILES string of the molecule is COC(C)C(C)(CN)N1CCN(C)CC1C. The smallest absolute Gasteiger partial charge is 0.0736 e. The summed E-state index contributed by atoms with van der Waals surface area (Å²) in [4.78, 5) is 4.87. The van der Waals surface area contributed by atoms with Crippen molar-refractivity contribution in [3.05, 3.63) is 0 Å². The second-order valence-corrected chi connectivity index (χ2v) is 5.24. The molecule has 4 nitrogen and oxygen atoms in total. The Morgan fingerprint density at radius 3 is 2.56 bits per heavy atom. The normalized spacial score (nSPS) is 30.0. The maximum Gasteiger partial charge on any atom is 0.0736 e. The van der Waals surface area contributed by atoms with Gasteiger partial charge in [-0.2, -0.15) is 0 Å². The molecule has 4 heteroatoms. The fourth-order valence-electron chi connectivity index (χ4n) is 2.67. The summed E-state index contributed by atoms with van der Waals surface area (Å²) in [6, 6.07) is 0.532. The van der Waals surface area contributed by atoms with Crippen LogP contribution in [0.1, 0.15) is 20.8 Å². The molecule has 0 aromatic carbocycles. The van der Waals surface area contributed by atoms with Crippen LogP contribution in [0.15, 0.2) is 0 Å². The predicted octanol–water partition coefficient (Wildman–Crippen LogP) is 0.375. The van der Waals surface area contributed by atoms with Crippen LogP contribution in [0.4, 0.5) is 0 Å². The van der Waals surface area contributed by atoms with Crippen LogP contribution >= 0.6 is 0 Å². The summed E-state index contributed by atoms with van der Waals surface area (Å²) in [7, 11) is 3.94. The lowest BCUT2D eigenvalue weighted by Crippen LogP contribution is -2.66. The lowest BCUT2D eigenvalue weighted by atomic mass is 9.90. The van der Waals surface area contributed by atoms with Gasteiger partial charge in [-0.15, -0.1) is 0 Å². The highest BCUT2D eigenvalue weighted by molar-refractivity contribution is 4.97. The molecule has 2 N–H and O–H groups in total. The molecule has 0 radical (unpaired) electrons. The van der Waals surface area contributed by atoms with Crippen molar-refractivity contribution < 1.29 is 4.74 Å². The van der Waals surface area contributed by atoms with E-state index in [0.717, 1.165) is 19.6 Å². The Bertz CT molecular complexity index is 224. The molecule has 1 aliphatic heterocycles. The fraction of sp³-hybridized carbons (Fsp3) is 1.00. The highest BCUT2D eigenvalue weighted by atomic mass is 16.5. The van der Waals surface area contributed by atoms with Crippen molar-refractivity contribution in [3.63, 3.8) is 0 Å². The maximum atomic E-state index is 5.98. The average Bonchev–Trinajstić information content (AvgIpc) is 2.27. The number of rotatable bonds is 4. The number of methoxy groups -OCH3 is 1. The third-order valence-corrected chi connectivity index (χ3v) is 4.13. The number of nitrogens with two attached hydrogens (primary N) is 1. The van der Waals surface area contributed by atoms with Gasteiger partial charge in [0.2, 0.25) is 0 Å². The molecule has 1 fully saturated rings. The largest absolute Gasteiger partial charge is 0.380 e. The van der Waals surface area contributed by atoms with Crippen molar-refractivity contribution in [2.45, 2.75) is 38.5 Å². The average molecular weight is 229 g/mol. The van der Waals surface area contributed by atoms with E-state index >= 15 is 0 Å². The van der Waals surface area contributed by atoms with Crippen LogP contribution < -0.4 is 5.73 Å². The van der Waals surface area contributed by atoms with Crippen LogP contribution in [-0.4, -0.2) is 67.8 Å². The lowest BCUT2D eigenvalue weighted by molar-refractivity contribution is -0.0684. The third kappa shape index (κ3) is 2.56. The molecule has 0 aliphatic carbocycles. The van der Waals surface area contributed by atoms with Crippen molar-refractivity contribution in [2.24, 2.45) is 5.73 Å². The van der Waals surface area contributed by atoms with Gasteiger partial charge in [-0.25, -0.2) is 0 Å². The molecule has 1 saturated heterocycles. The van der Waals surface area contributed by atoms with Crippen molar-refractivity contribution in [3.8, 4) is 0 Å². The molecular formula is C12H27N3O. The molecule has 0 spiro atoms. The Kier molecular flexibility index (Phi) is 4.73. The Balaban J connectivity index is 2.79. The van der Waals surface area contributed by atoms with E-state index in [0.29, 0.717) is 12.6 Å². The molecule has 0 aromatic rings. The van der Waals surface area contributed by atoms with E-state index < -0.39 is 0 Å². The summed E-state index contributed by atoms with van der Waals surface area (Å²) < 4.78 is 5.50. The molecule has 16 heavy (non-hydrogen) atoms. The number of likely N-dealkylation sites (N-methyl/N-ethyl adjacent to an activating group) is 1. The van der Waals surface area contributed by atoms with Crippen LogP contribution in [0.3, 0.4) is 0 Å². The van der Waals surface area contributed by atoms with E-state index in [9.17, 15) is 0 Å². The monoisotopic (exact) mass is 229 g/mol. The van der Waals surface area contributed by atoms with E-state index in [4.69, 9.17) is 10.5 Å². The Hall–Kier alpha value is -0.160. The minimum atomic E-state index is -0.0601. The van der Waals surface area contributed by atoms with Crippen LogP contribution in [0.25, 0.3) is 0 Å². The van der Waals surface area contributed by atoms with E-state index in [1.165, 1.54) is 0 Å².